The number of likely N-dealkylation sites (N-methyl/N-ethyl adjacent to an activating group) is 1. The fourth-order valence-corrected chi connectivity index (χ4v) is 2.86. The van der Waals surface area contributed by atoms with Crippen molar-refractivity contribution in [3.05, 3.63) is 29.3 Å². The van der Waals surface area contributed by atoms with Gasteiger partial charge < -0.3 is 10.1 Å². The molecule has 5 nitrogen and oxygen atoms in total. The van der Waals surface area contributed by atoms with Crippen molar-refractivity contribution in [3.8, 4) is 5.75 Å². The quantitative estimate of drug-likeness (QED) is 0.689. The number of nitrogens with zero attached hydrogens (tertiary/aromatic N) is 1. The zero-order valence-corrected chi connectivity index (χ0v) is 14.7. The van der Waals surface area contributed by atoms with Gasteiger partial charge in [-0.1, -0.05) is 11.6 Å². The van der Waals surface area contributed by atoms with E-state index in [2.05, 4.69) is 5.32 Å². The molecule has 0 saturated carbocycles. The predicted octanol–water partition coefficient (Wildman–Crippen LogP) is 1.53. The van der Waals surface area contributed by atoms with E-state index in [4.69, 9.17) is 16.3 Å². The van der Waals surface area contributed by atoms with Crippen LogP contribution in [0.2, 0.25) is 5.02 Å². The monoisotopic (exact) mass is 346 g/mol. The van der Waals surface area contributed by atoms with E-state index in [1.807, 2.05) is 18.9 Å². The molecule has 0 aromatic heterocycles. The van der Waals surface area contributed by atoms with E-state index in [1.165, 1.54) is 0 Å². The van der Waals surface area contributed by atoms with Crippen molar-refractivity contribution in [2.45, 2.75) is 13.0 Å². The number of benzene rings is 1. The molecule has 1 aromatic rings. The van der Waals surface area contributed by atoms with Crippen molar-refractivity contribution in [2.75, 3.05) is 38.8 Å². The van der Waals surface area contributed by atoms with Crippen molar-refractivity contribution < 1.29 is 13.7 Å². The molecule has 0 aliphatic heterocycles. The Morgan fingerprint density at radius 1 is 1.41 bits per heavy atom. The Kier molecular flexibility index (Phi) is 8.45. The summed E-state index contributed by atoms with van der Waals surface area (Å²) in [7, 11) is 0.985. The second-order valence-corrected chi connectivity index (χ2v) is 7.07. The second-order valence-electron chi connectivity index (χ2n) is 5.16. The molecular weight excluding hydrogens is 324 g/mol. The molecule has 0 spiro atoms. The van der Waals surface area contributed by atoms with E-state index in [-0.39, 0.29) is 18.5 Å². The zero-order valence-electron chi connectivity index (χ0n) is 13.2. The Morgan fingerprint density at radius 3 is 2.64 bits per heavy atom. The molecule has 0 bridgehead atoms. The molecule has 1 amide bonds. The standard InChI is InChI=1S/C15H23ClN2O3S/c1-12(11-22(3)20)18(2)10-15(19)17-8-9-21-14-6-4-13(16)5-7-14/h4-7,12H,8-11H2,1-3H3,(H,17,19)/t12-,22-/m1/s1. The summed E-state index contributed by atoms with van der Waals surface area (Å²) in [6.45, 7) is 3.06. The highest BCUT2D eigenvalue weighted by atomic mass is 35.5. The minimum Gasteiger partial charge on any atom is -0.492 e. The minimum absolute atomic E-state index is 0.0732. The highest BCUT2D eigenvalue weighted by Crippen LogP contribution is 2.15. The van der Waals surface area contributed by atoms with Crippen LogP contribution in [0.5, 0.6) is 5.75 Å². The summed E-state index contributed by atoms with van der Waals surface area (Å²) in [5, 5.41) is 3.45. The van der Waals surface area contributed by atoms with Gasteiger partial charge >= 0.3 is 0 Å². The zero-order chi connectivity index (χ0) is 16.5. The van der Waals surface area contributed by atoms with Crippen molar-refractivity contribution in [2.24, 2.45) is 0 Å². The molecule has 0 fully saturated rings. The number of halogens is 1. The van der Waals surface area contributed by atoms with Gasteiger partial charge in [-0.05, 0) is 38.2 Å². The van der Waals surface area contributed by atoms with Crippen molar-refractivity contribution in [1.29, 1.82) is 0 Å². The maximum atomic E-state index is 11.8. The number of ether oxygens (including phenoxy) is 1. The molecular formula is C15H23ClN2O3S. The lowest BCUT2D eigenvalue weighted by molar-refractivity contribution is -0.122. The molecule has 2 atom stereocenters. The summed E-state index contributed by atoms with van der Waals surface area (Å²) in [6.07, 6.45) is 1.67. The number of carbonyl (C=O) groups is 1. The normalized spacial score (nSPS) is 13.7. The third-order valence-electron chi connectivity index (χ3n) is 3.13. The summed E-state index contributed by atoms with van der Waals surface area (Å²) in [4.78, 5) is 13.7. The molecule has 0 aliphatic rings. The Balaban J connectivity index is 2.20. The van der Waals surface area contributed by atoms with Crippen LogP contribution < -0.4 is 10.1 Å². The number of hydrogen-bond acceptors (Lipinski definition) is 4. The molecule has 7 heteroatoms. The van der Waals surface area contributed by atoms with Crippen LogP contribution in [0.25, 0.3) is 0 Å². The molecule has 124 valence electrons. The maximum absolute atomic E-state index is 11.8. The first-order chi connectivity index (χ1) is 10.4. The van der Waals surface area contributed by atoms with Crippen LogP contribution in [0, 0.1) is 0 Å². The van der Waals surface area contributed by atoms with Crippen molar-refractivity contribution in [3.63, 3.8) is 0 Å². The first-order valence-electron chi connectivity index (χ1n) is 7.04. The number of carbonyl (C=O) groups excluding carboxylic acids is 1. The van der Waals surface area contributed by atoms with Gasteiger partial charge in [-0.2, -0.15) is 0 Å². The van der Waals surface area contributed by atoms with Crippen LogP contribution in [-0.2, 0) is 15.6 Å². The smallest absolute Gasteiger partial charge is 0.234 e. The van der Waals surface area contributed by atoms with Gasteiger partial charge in [0.15, 0.2) is 0 Å². The number of amides is 1. The summed E-state index contributed by atoms with van der Waals surface area (Å²) in [5.41, 5.74) is 0. The Hall–Kier alpha value is -1.11. The van der Waals surface area contributed by atoms with Crippen LogP contribution >= 0.6 is 11.6 Å². The van der Waals surface area contributed by atoms with Crippen LogP contribution in [-0.4, -0.2) is 59.8 Å². The van der Waals surface area contributed by atoms with E-state index < -0.39 is 10.8 Å². The summed E-state index contributed by atoms with van der Waals surface area (Å²) in [6, 6.07) is 7.17. The number of hydrogen-bond donors (Lipinski definition) is 1. The van der Waals surface area contributed by atoms with Gasteiger partial charge in [-0.25, -0.2) is 0 Å². The largest absolute Gasteiger partial charge is 0.492 e. The summed E-state index contributed by atoms with van der Waals surface area (Å²) >= 11 is 5.78. The Bertz CT molecular complexity index is 496. The van der Waals surface area contributed by atoms with Crippen LogP contribution in [0.1, 0.15) is 6.92 Å². The second kappa shape index (κ2) is 9.82. The Labute approximate surface area is 139 Å². The fraction of sp³-hybridized carbons (Fsp3) is 0.533. The lowest BCUT2D eigenvalue weighted by atomic mass is 10.3. The molecule has 1 aromatic carbocycles. The third kappa shape index (κ3) is 7.77. The predicted molar refractivity (Wildman–Crippen MR) is 91.0 cm³/mol. The lowest BCUT2D eigenvalue weighted by Gasteiger charge is -2.23. The van der Waals surface area contributed by atoms with E-state index in [0.29, 0.717) is 23.9 Å². The van der Waals surface area contributed by atoms with Crippen LogP contribution in [0.3, 0.4) is 0 Å². The first kappa shape index (κ1) is 18.9. The van der Waals surface area contributed by atoms with Gasteiger partial charge in [0.1, 0.15) is 12.4 Å². The van der Waals surface area contributed by atoms with Gasteiger partial charge in [-0.3, -0.25) is 13.9 Å². The first-order valence-corrected chi connectivity index (χ1v) is 9.14. The highest BCUT2D eigenvalue weighted by molar-refractivity contribution is 7.84. The molecule has 0 unspecified atom stereocenters. The topological polar surface area (TPSA) is 58.6 Å². The van der Waals surface area contributed by atoms with Crippen LogP contribution in [0.4, 0.5) is 0 Å². The lowest BCUT2D eigenvalue weighted by Crippen LogP contribution is -2.42. The fourth-order valence-electron chi connectivity index (χ4n) is 1.80. The number of nitrogens with one attached hydrogen (secondary N) is 1. The van der Waals surface area contributed by atoms with Crippen molar-refractivity contribution >= 4 is 28.3 Å². The van der Waals surface area contributed by atoms with E-state index in [0.717, 1.165) is 5.75 Å². The molecule has 1 N–H and O–H groups in total. The van der Waals surface area contributed by atoms with Gasteiger partial charge in [0.2, 0.25) is 5.91 Å². The molecule has 0 heterocycles. The highest BCUT2D eigenvalue weighted by Gasteiger charge is 2.13. The number of rotatable bonds is 9. The van der Waals surface area contributed by atoms with Gasteiger partial charge in [0.25, 0.3) is 0 Å². The summed E-state index contributed by atoms with van der Waals surface area (Å²) in [5.74, 6) is 1.20. The maximum Gasteiger partial charge on any atom is 0.234 e. The van der Waals surface area contributed by atoms with Gasteiger partial charge in [0.05, 0.1) is 13.1 Å². The molecule has 22 heavy (non-hydrogen) atoms. The Morgan fingerprint density at radius 2 is 2.05 bits per heavy atom. The average molecular weight is 347 g/mol. The average Bonchev–Trinajstić information content (AvgIpc) is 2.44. The van der Waals surface area contributed by atoms with Crippen molar-refractivity contribution in [1.82, 2.24) is 10.2 Å². The van der Waals surface area contributed by atoms with E-state index in [9.17, 15) is 9.00 Å². The summed E-state index contributed by atoms with van der Waals surface area (Å²) < 4.78 is 16.7. The van der Waals surface area contributed by atoms with E-state index >= 15 is 0 Å². The third-order valence-corrected chi connectivity index (χ3v) is 4.33. The van der Waals surface area contributed by atoms with Gasteiger partial charge in [0, 0.05) is 33.9 Å². The minimum atomic E-state index is -0.864. The molecule has 0 aliphatic carbocycles. The van der Waals surface area contributed by atoms with Crippen LogP contribution in [0.15, 0.2) is 24.3 Å². The molecule has 1 rings (SSSR count). The SMILES string of the molecule is C[C@H](C[S@@](C)=O)N(C)CC(=O)NCCOc1ccc(Cl)cc1. The van der Waals surface area contributed by atoms with E-state index in [1.54, 1.807) is 30.5 Å². The molecule has 0 saturated heterocycles. The molecule has 0 radical (unpaired) electrons. The van der Waals surface area contributed by atoms with Gasteiger partial charge in [-0.15, -0.1) is 0 Å².